The number of rotatable bonds is 10. The van der Waals surface area contributed by atoms with E-state index in [1.807, 2.05) is 97.1 Å². The molecule has 4 nitrogen and oxygen atoms in total. The molecule has 0 aliphatic heterocycles. The fourth-order valence-electron chi connectivity index (χ4n) is 2.55. The normalized spacial score (nSPS) is 11.1. The quantitative estimate of drug-likeness (QED) is 0.389. The Morgan fingerprint density at radius 2 is 1.14 bits per heavy atom. The van der Waals surface area contributed by atoms with Crippen LogP contribution in [0.15, 0.2) is 109 Å². The van der Waals surface area contributed by atoms with Crippen LogP contribution in [0, 0.1) is 0 Å². The van der Waals surface area contributed by atoms with Gasteiger partial charge in [0.25, 0.3) is 0 Å². The Kier molecular flexibility index (Phi) is 7.44. The molecule has 0 fully saturated rings. The first kappa shape index (κ1) is 19.4. The number of benzene rings is 3. The molecule has 0 heterocycles. The van der Waals surface area contributed by atoms with Crippen molar-refractivity contribution < 1.29 is 9.68 Å². The van der Waals surface area contributed by atoms with E-state index in [0.29, 0.717) is 18.9 Å². The maximum atomic E-state index is 5.68. The minimum Gasteiger partial charge on any atom is -0.271 e. The molecule has 3 aromatic carbocycles. The van der Waals surface area contributed by atoms with E-state index in [4.69, 9.17) is 9.68 Å². The summed E-state index contributed by atoms with van der Waals surface area (Å²) in [6.45, 7) is 4.91. The first-order valence-electron chi connectivity index (χ1n) is 9.11. The largest absolute Gasteiger partial charge is 0.271 e. The summed E-state index contributed by atoms with van der Waals surface area (Å²) in [5, 5.41) is 0. The van der Waals surface area contributed by atoms with Crippen LogP contribution >= 0.6 is 0 Å². The number of hydroxylamine groups is 2. The van der Waals surface area contributed by atoms with Crippen LogP contribution in [-0.4, -0.2) is 0 Å². The summed E-state index contributed by atoms with van der Waals surface area (Å²) in [6, 6.07) is 29.9. The average molecular weight is 372 g/mol. The number of allylic oxidation sites excluding steroid dienone is 1. The van der Waals surface area contributed by atoms with E-state index >= 15 is 0 Å². The summed E-state index contributed by atoms with van der Waals surface area (Å²) in [4.78, 5) is 11.2. The van der Waals surface area contributed by atoms with E-state index in [2.05, 4.69) is 17.5 Å². The Morgan fingerprint density at radius 3 is 1.68 bits per heavy atom. The Labute approximate surface area is 166 Å². The molecule has 0 saturated carbocycles. The Bertz CT molecular complexity index is 878. The van der Waals surface area contributed by atoms with Crippen LogP contribution in [0.5, 0.6) is 0 Å². The minimum atomic E-state index is 0.451. The smallest absolute Gasteiger partial charge is 0.0996 e. The van der Waals surface area contributed by atoms with Crippen molar-refractivity contribution in [2.24, 2.45) is 0 Å². The highest BCUT2D eigenvalue weighted by Crippen LogP contribution is 2.13. The lowest BCUT2D eigenvalue weighted by Crippen LogP contribution is -2.16. The van der Waals surface area contributed by atoms with Gasteiger partial charge in [0.05, 0.1) is 24.6 Å². The van der Waals surface area contributed by atoms with E-state index in [9.17, 15) is 0 Å². The van der Waals surface area contributed by atoms with Gasteiger partial charge in [-0.2, -0.15) is 0 Å². The van der Waals surface area contributed by atoms with Gasteiger partial charge in [0.2, 0.25) is 0 Å². The van der Waals surface area contributed by atoms with Crippen molar-refractivity contribution in [3.8, 4) is 0 Å². The third kappa shape index (κ3) is 6.43. The average Bonchev–Trinajstić information content (AvgIpc) is 2.75. The van der Waals surface area contributed by atoms with Crippen molar-refractivity contribution in [2.45, 2.75) is 13.2 Å². The summed E-state index contributed by atoms with van der Waals surface area (Å²) in [6.07, 6.45) is 1.85. The van der Waals surface area contributed by atoms with Crippen molar-refractivity contribution in [3.63, 3.8) is 0 Å². The molecule has 4 heteroatoms. The molecule has 28 heavy (non-hydrogen) atoms. The zero-order valence-corrected chi connectivity index (χ0v) is 15.7. The lowest BCUT2D eigenvalue weighted by atomic mass is 10.1. The van der Waals surface area contributed by atoms with Crippen LogP contribution in [0.2, 0.25) is 0 Å². The van der Waals surface area contributed by atoms with Gasteiger partial charge in [-0.1, -0.05) is 97.6 Å². The zero-order chi connectivity index (χ0) is 19.4. The van der Waals surface area contributed by atoms with Crippen molar-refractivity contribution in [1.82, 2.24) is 11.0 Å². The van der Waals surface area contributed by atoms with Crippen molar-refractivity contribution >= 4 is 5.70 Å². The van der Waals surface area contributed by atoms with Crippen LogP contribution in [0.4, 0.5) is 0 Å². The van der Waals surface area contributed by atoms with E-state index in [1.165, 1.54) is 0 Å². The van der Waals surface area contributed by atoms with Gasteiger partial charge in [0.1, 0.15) is 0 Å². The van der Waals surface area contributed by atoms with E-state index in [1.54, 1.807) is 0 Å². The molecule has 0 amide bonds. The predicted octanol–water partition coefficient (Wildman–Crippen LogP) is 4.98. The highest BCUT2D eigenvalue weighted by atomic mass is 16.6. The molecule has 0 atom stereocenters. The Hall–Kier alpha value is -3.34. The molecular formula is C24H24N2O2. The highest BCUT2D eigenvalue weighted by Gasteiger charge is 2.03. The second-order valence-electron chi connectivity index (χ2n) is 6.20. The summed E-state index contributed by atoms with van der Waals surface area (Å²) < 4.78 is 0. The monoisotopic (exact) mass is 372 g/mol. The molecular weight excluding hydrogens is 348 g/mol. The van der Waals surface area contributed by atoms with Crippen molar-refractivity contribution in [2.75, 3.05) is 0 Å². The van der Waals surface area contributed by atoms with Crippen molar-refractivity contribution in [3.05, 3.63) is 126 Å². The van der Waals surface area contributed by atoms with Gasteiger partial charge in [0, 0.05) is 0 Å². The molecule has 142 valence electrons. The molecule has 0 unspecified atom stereocenters. The first-order valence-corrected chi connectivity index (χ1v) is 9.11. The third-order valence-electron chi connectivity index (χ3n) is 3.95. The lowest BCUT2D eigenvalue weighted by Gasteiger charge is -2.13. The van der Waals surface area contributed by atoms with Gasteiger partial charge >= 0.3 is 0 Å². The topological polar surface area (TPSA) is 42.5 Å². The van der Waals surface area contributed by atoms with Gasteiger partial charge in [-0.05, 0) is 22.8 Å². The molecule has 3 rings (SSSR count). The van der Waals surface area contributed by atoms with Gasteiger partial charge < -0.3 is 0 Å². The SMILES string of the molecule is C=C(C=C(NOCc1ccccc1)c1ccccc1)NOCc1ccccc1. The van der Waals surface area contributed by atoms with Gasteiger partial charge in [0.15, 0.2) is 0 Å². The van der Waals surface area contributed by atoms with Gasteiger partial charge in [-0.25, -0.2) is 0 Å². The number of nitrogens with one attached hydrogen (secondary N) is 2. The fraction of sp³-hybridized carbons (Fsp3) is 0.0833. The van der Waals surface area contributed by atoms with Crippen LogP contribution < -0.4 is 11.0 Å². The molecule has 3 aromatic rings. The van der Waals surface area contributed by atoms with Crippen LogP contribution in [0.3, 0.4) is 0 Å². The molecule has 0 spiro atoms. The summed E-state index contributed by atoms with van der Waals surface area (Å²) in [7, 11) is 0. The van der Waals surface area contributed by atoms with E-state index < -0.39 is 0 Å². The number of hydrogen-bond donors (Lipinski definition) is 2. The van der Waals surface area contributed by atoms with Gasteiger partial charge in [-0.15, -0.1) is 0 Å². The van der Waals surface area contributed by atoms with E-state index in [0.717, 1.165) is 22.4 Å². The number of hydrogen-bond acceptors (Lipinski definition) is 4. The lowest BCUT2D eigenvalue weighted by molar-refractivity contribution is 0.0512. The molecule has 0 aromatic heterocycles. The van der Waals surface area contributed by atoms with Crippen LogP contribution in [0.1, 0.15) is 16.7 Å². The molecule has 0 aliphatic carbocycles. The predicted molar refractivity (Wildman–Crippen MR) is 112 cm³/mol. The fourth-order valence-corrected chi connectivity index (χ4v) is 2.55. The zero-order valence-electron chi connectivity index (χ0n) is 15.7. The van der Waals surface area contributed by atoms with Crippen LogP contribution in [-0.2, 0) is 22.9 Å². The first-order chi connectivity index (χ1) is 13.8. The molecule has 0 radical (unpaired) electrons. The second-order valence-corrected chi connectivity index (χ2v) is 6.20. The Morgan fingerprint density at radius 1 is 0.679 bits per heavy atom. The third-order valence-corrected chi connectivity index (χ3v) is 3.95. The standard InChI is InChI=1S/C24H24N2O2/c1-20(25-27-18-21-11-5-2-6-12-21)17-24(23-15-9-4-10-16-23)26-28-19-22-13-7-3-8-14-22/h2-17,25-26H,1,18-19H2. The van der Waals surface area contributed by atoms with Crippen LogP contribution in [0.25, 0.3) is 5.70 Å². The van der Waals surface area contributed by atoms with Gasteiger partial charge in [-0.3, -0.25) is 20.6 Å². The van der Waals surface area contributed by atoms with E-state index in [-0.39, 0.29) is 0 Å². The van der Waals surface area contributed by atoms with Crippen molar-refractivity contribution in [1.29, 1.82) is 0 Å². The minimum absolute atomic E-state index is 0.451. The maximum absolute atomic E-state index is 5.68. The summed E-state index contributed by atoms with van der Waals surface area (Å²) in [5.41, 5.74) is 10.5. The Balaban J connectivity index is 1.58. The maximum Gasteiger partial charge on any atom is 0.0996 e. The summed E-state index contributed by atoms with van der Waals surface area (Å²) in [5.74, 6) is 0. The molecule has 0 bridgehead atoms. The second kappa shape index (κ2) is 10.7. The summed E-state index contributed by atoms with van der Waals surface area (Å²) >= 11 is 0. The molecule has 2 N–H and O–H groups in total. The molecule has 0 saturated heterocycles. The highest BCUT2D eigenvalue weighted by molar-refractivity contribution is 5.65. The molecule has 0 aliphatic rings.